The van der Waals surface area contributed by atoms with Crippen LogP contribution in [0.3, 0.4) is 0 Å². The van der Waals surface area contributed by atoms with Crippen molar-refractivity contribution in [2.24, 2.45) is 11.7 Å². The van der Waals surface area contributed by atoms with Crippen LogP contribution in [0.1, 0.15) is 29.9 Å². The van der Waals surface area contributed by atoms with E-state index in [-0.39, 0.29) is 5.82 Å². The topological polar surface area (TPSA) is 26.0 Å². The average molecular weight is 193 g/mol. The number of rotatable bonds is 2. The molecule has 1 aliphatic rings. The molecule has 1 nitrogen and oxygen atoms in total. The standard InChI is InChI=1S/C12H16FN/c1-8-2-3-9(6-12(8)13)11-5-4-10(11)7-14/h2-3,6,10-11H,4-5,7,14H2,1H3. The molecule has 0 saturated heterocycles. The summed E-state index contributed by atoms with van der Waals surface area (Å²) in [5.41, 5.74) is 7.48. The molecule has 1 aliphatic carbocycles. The first-order valence-corrected chi connectivity index (χ1v) is 5.18. The zero-order chi connectivity index (χ0) is 10.1. The second-order valence-corrected chi connectivity index (χ2v) is 4.19. The van der Waals surface area contributed by atoms with Crippen LogP contribution in [0, 0.1) is 18.7 Å². The van der Waals surface area contributed by atoms with Crippen LogP contribution in [-0.4, -0.2) is 6.54 Å². The molecule has 0 aliphatic heterocycles. The van der Waals surface area contributed by atoms with E-state index in [9.17, 15) is 4.39 Å². The van der Waals surface area contributed by atoms with E-state index in [1.165, 1.54) is 6.42 Å². The predicted octanol–water partition coefficient (Wildman–Crippen LogP) is 2.59. The summed E-state index contributed by atoms with van der Waals surface area (Å²) in [6.45, 7) is 2.51. The molecule has 0 radical (unpaired) electrons. The molecule has 1 aromatic rings. The van der Waals surface area contributed by atoms with Gasteiger partial charge in [-0.1, -0.05) is 12.1 Å². The van der Waals surface area contributed by atoms with Crippen molar-refractivity contribution < 1.29 is 4.39 Å². The highest BCUT2D eigenvalue weighted by atomic mass is 19.1. The van der Waals surface area contributed by atoms with E-state index < -0.39 is 0 Å². The van der Waals surface area contributed by atoms with Crippen molar-refractivity contribution in [3.05, 3.63) is 35.1 Å². The summed E-state index contributed by atoms with van der Waals surface area (Å²) >= 11 is 0. The minimum absolute atomic E-state index is 0.0924. The second-order valence-electron chi connectivity index (χ2n) is 4.19. The van der Waals surface area contributed by atoms with Crippen molar-refractivity contribution in [3.63, 3.8) is 0 Å². The molecule has 76 valence electrons. The lowest BCUT2D eigenvalue weighted by atomic mass is 9.70. The van der Waals surface area contributed by atoms with Crippen LogP contribution in [0.5, 0.6) is 0 Å². The van der Waals surface area contributed by atoms with Gasteiger partial charge in [-0.3, -0.25) is 0 Å². The van der Waals surface area contributed by atoms with E-state index in [1.54, 1.807) is 13.0 Å². The Balaban J connectivity index is 2.20. The van der Waals surface area contributed by atoms with Gasteiger partial charge in [0.2, 0.25) is 0 Å². The molecule has 2 N–H and O–H groups in total. The first kappa shape index (κ1) is 9.66. The van der Waals surface area contributed by atoms with Gasteiger partial charge >= 0.3 is 0 Å². The van der Waals surface area contributed by atoms with Gasteiger partial charge in [0.05, 0.1) is 0 Å². The molecule has 0 spiro atoms. The second kappa shape index (κ2) is 3.70. The summed E-state index contributed by atoms with van der Waals surface area (Å²) in [5.74, 6) is 0.970. The van der Waals surface area contributed by atoms with Gasteiger partial charge in [0.25, 0.3) is 0 Å². The fourth-order valence-electron chi connectivity index (χ4n) is 2.13. The zero-order valence-electron chi connectivity index (χ0n) is 8.46. The van der Waals surface area contributed by atoms with Crippen LogP contribution in [-0.2, 0) is 0 Å². The number of hydrogen-bond donors (Lipinski definition) is 1. The van der Waals surface area contributed by atoms with Crippen LogP contribution < -0.4 is 5.73 Å². The number of aryl methyl sites for hydroxylation is 1. The SMILES string of the molecule is Cc1ccc(C2CCC2CN)cc1F. The maximum Gasteiger partial charge on any atom is 0.126 e. The van der Waals surface area contributed by atoms with Gasteiger partial charge in [-0.05, 0) is 55.3 Å². The summed E-state index contributed by atoms with van der Waals surface area (Å²) < 4.78 is 13.3. The Hall–Kier alpha value is -0.890. The van der Waals surface area contributed by atoms with Gasteiger partial charge in [-0.25, -0.2) is 4.39 Å². The molecule has 1 aromatic carbocycles. The lowest BCUT2D eigenvalue weighted by Gasteiger charge is -2.36. The van der Waals surface area contributed by atoms with Gasteiger partial charge in [0.15, 0.2) is 0 Å². The molecule has 2 unspecified atom stereocenters. The van der Waals surface area contributed by atoms with Gasteiger partial charge in [0, 0.05) is 0 Å². The fraction of sp³-hybridized carbons (Fsp3) is 0.500. The normalized spacial score (nSPS) is 25.9. The smallest absolute Gasteiger partial charge is 0.126 e. The van der Waals surface area contributed by atoms with E-state index in [2.05, 4.69) is 0 Å². The Kier molecular flexibility index (Phi) is 2.55. The summed E-state index contributed by atoms with van der Waals surface area (Å²) in [4.78, 5) is 0. The van der Waals surface area contributed by atoms with Crippen LogP contribution in [0.15, 0.2) is 18.2 Å². The Morgan fingerprint density at radius 1 is 1.43 bits per heavy atom. The average Bonchev–Trinajstić information content (AvgIpc) is 2.10. The molecule has 1 fully saturated rings. The van der Waals surface area contributed by atoms with Gasteiger partial charge in [-0.15, -0.1) is 0 Å². The molecule has 2 heteroatoms. The Morgan fingerprint density at radius 2 is 2.21 bits per heavy atom. The molecule has 0 bridgehead atoms. The molecule has 2 atom stereocenters. The Morgan fingerprint density at radius 3 is 2.71 bits per heavy atom. The number of nitrogens with two attached hydrogens (primary N) is 1. The van der Waals surface area contributed by atoms with Gasteiger partial charge < -0.3 is 5.73 Å². The highest BCUT2D eigenvalue weighted by Gasteiger charge is 2.30. The Labute approximate surface area is 84.1 Å². The third-order valence-electron chi connectivity index (χ3n) is 3.34. The summed E-state index contributed by atoms with van der Waals surface area (Å²) in [6.07, 6.45) is 2.35. The molecular weight excluding hydrogens is 177 g/mol. The number of benzene rings is 1. The van der Waals surface area contributed by atoms with Crippen LogP contribution >= 0.6 is 0 Å². The van der Waals surface area contributed by atoms with Crippen molar-refractivity contribution >= 4 is 0 Å². The fourth-order valence-corrected chi connectivity index (χ4v) is 2.13. The minimum atomic E-state index is -0.0924. The van der Waals surface area contributed by atoms with E-state index in [4.69, 9.17) is 5.73 Å². The van der Waals surface area contributed by atoms with E-state index in [0.29, 0.717) is 11.8 Å². The van der Waals surface area contributed by atoms with Crippen LogP contribution in [0.2, 0.25) is 0 Å². The first-order valence-electron chi connectivity index (χ1n) is 5.18. The lowest BCUT2D eigenvalue weighted by molar-refractivity contribution is 0.263. The highest BCUT2D eigenvalue weighted by Crippen LogP contribution is 2.41. The summed E-state index contributed by atoms with van der Waals surface area (Å²) in [5, 5.41) is 0. The van der Waals surface area contributed by atoms with Crippen molar-refractivity contribution in [2.75, 3.05) is 6.54 Å². The van der Waals surface area contributed by atoms with Gasteiger partial charge in [-0.2, -0.15) is 0 Å². The molecule has 0 heterocycles. The summed E-state index contributed by atoms with van der Waals surface area (Å²) in [6, 6.07) is 5.56. The van der Waals surface area contributed by atoms with Gasteiger partial charge in [0.1, 0.15) is 5.82 Å². The summed E-state index contributed by atoms with van der Waals surface area (Å²) in [7, 11) is 0. The van der Waals surface area contributed by atoms with Crippen LogP contribution in [0.25, 0.3) is 0 Å². The lowest BCUT2D eigenvalue weighted by Crippen LogP contribution is -2.30. The largest absolute Gasteiger partial charge is 0.330 e. The van der Waals surface area contributed by atoms with Crippen molar-refractivity contribution in [1.29, 1.82) is 0 Å². The van der Waals surface area contributed by atoms with E-state index in [0.717, 1.165) is 24.1 Å². The van der Waals surface area contributed by atoms with Crippen molar-refractivity contribution in [2.45, 2.75) is 25.7 Å². The maximum absolute atomic E-state index is 13.3. The third-order valence-corrected chi connectivity index (χ3v) is 3.34. The predicted molar refractivity (Wildman–Crippen MR) is 55.7 cm³/mol. The maximum atomic E-state index is 13.3. The number of hydrogen-bond acceptors (Lipinski definition) is 1. The van der Waals surface area contributed by atoms with Crippen molar-refractivity contribution in [3.8, 4) is 0 Å². The molecule has 1 saturated carbocycles. The molecule has 2 rings (SSSR count). The zero-order valence-corrected chi connectivity index (χ0v) is 8.46. The molecule has 0 amide bonds. The minimum Gasteiger partial charge on any atom is -0.330 e. The third kappa shape index (κ3) is 1.55. The first-order chi connectivity index (χ1) is 6.72. The molecular formula is C12H16FN. The molecule has 14 heavy (non-hydrogen) atoms. The molecule has 0 aromatic heterocycles. The number of halogens is 1. The Bertz CT molecular complexity index is 333. The highest BCUT2D eigenvalue weighted by molar-refractivity contribution is 5.28. The van der Waals surface area contributed by atoms with Crippen LogP contribution in [0.4, 0.5) is 4.39 Å². The van der Waals surface area contributed by atoms with Crippen molar-refractivity contribution in [1.82, 2.24) is 0 Å². The quantitative estimate of drug-likeness (QED) is 0.767. The van der Waals surface area contributed by atoms with E-state index >= 15 is 0 Å². The van der Waals surface area contributed by atoms with E-state index in [1.807, 2.05) is 12.1 Å². The monoisotopic (exact) mass is 193 g/mol.